The van der Waals surface area contributed by atoms with Crippen LogP contribution in [0.3, 0.4) is 0 Å². The molecule has 0 saturated carbocycles. The molecule has 1 saturated heterocycles. The molecular formula is C12H16NNaO4S. The van der Waals surface area contributed by atoms with Gasteiger partial charge in [0.05, 0.1) is 0 Å². The quantitative estimate of drug-likeness (QED) is 0.493. The smallest absolute Gasteiger partial charge is 0.746 e. The van der Waals surface area contributed by atoms with E-state index in [4.69, 9.17) is 0 Å². The van der Waals surface area contributed by atoms with Gasteiger partial charge in [0.1, 0.15) is 10.1 Å². The van der Waals surface area contributed by atoms with E-state index in [1.165, 1.54) is 0 Å². The van der Waals surface area contributed by atoms with E-state index >= 15 is 0 Å². The van der Waals surface area contributed by atoms with Gasteiger partial charge in [-0.2, -0.15) is 0 Å². The van der Waals surface area contributed by atoms with E-state index < -0.39 is 15.1 Å². The summed E-state index contributed by atoms with van der Waals surface area (Å²) >= 11 is 0. The van der Waals surface area contributed by atoms with Gasteiger partial charge in [-0.1, -0.05) is 30.3 Å². The number of nitrogens with zero attached hydrogens (tertiary/aromatic N) is 1. The largest absolute Gasteiger partial charge is 1.00 e. The van der Waals surface area contributed by atoms with Gasteiger partial charge in [-0.3, -0.25) is 4.90 Å². The van der Waals surface area contributed by atoms with E-state index in [9.17, 15) is 18.1 Å². The van der Waals surface area contributed by atoms with Crippen LogP contribution in [0.5, 0.6) is 0 Å². The minimum Gasteiger partial charge on any atom is -0.746 e. The Labute approximate surface area is 135 Å². The molecule has 0 radical (unpaired) electrons. The van der Waals surface area contributed by atoms with Crippen LogP contribution in [0, 0.1) is 0 Å². The zero-order chi connectivity index (χ0) is 13.2. The minimum atomic E-state index is -4.69. The molecule has 5 nitrogen and oxygen atoms in total. The topological polar surface area (TPSA) is 80.7 Å². The molecule has 1 fully saturated rings. The molecule has 0 spiro atoms. The third kappa shape index (κ3) is 4.26. The summed E-state index contributed by atoms with van der Waals surface area (Å²) in [5.41, 5.74) is 1.03. The van der Waals surface area contributed by atoms with E-state index in [2.05, 4.69) is 0 Å². The van der Waals surface area contributed by atoms with Gasteiger partial charge >= 0.3 is 29.6 Å². The summed E-state index contributed by atoms with van der Waals surface area (Å²) in [5, 5.41) is 9.91. The van der Waals surface area contributed by atoms with Crippen LogP contribution in [0.2, 0.25) is 0 Å². The van der Waals surface area contributed by atoms with Crippen molar-refractivity contribution >= 4 is 10.1 Å². The molecule has 1 unspecified atom stereocenters. The second kappa shape index (κ2) is 6.67. The van der Waals surface area contributed by atoms with Gasteiger partial charge in [-0.15, -0.1) is 0 Å². The Morgan fingerprint density at radius 2 is 1.95 bits per heavy atom. The molecule has 0 bridgehead atoms. The molecule has 0 aliphatic carbocycles. The van der Waals surface area contributed by atoms with Crippen molar-refractivity contribution in [3.63, 3.8) is 0 Å². The molecule has 2 rings (SSSR count). The van der Waals surface area contributed by atoms with Crippen LogP contribution in [0.25, 0.3) is 0 Å². The maximum atomic E-state index is 11.1. The number of likely N-dealkylation sites (tertiary alicyclic amines) is 1. The third-order valence-corrected chi connectivity index (χ3v) is 4.49. The number of benzene rings is 1. The molecule has 1 N–H and O–H groups in total. The summed E-state index contributed by atoms with van der Waals surface area (Å²) in [7, 11) is -4.69. The van der Waals surface area contributed by atoms with Crippen LogP contribution in [0.4, 0.5) is 0 Å². The summed E-state index contributed by atoms with van der Waals surface area (Å²) in [6.45, 7) is 1.11. The second-order valence-electron chi connectivity index (χ2n) is 4.70. The Bertz CT molecular complexity index is 508. The van der Waals surface area contributed by atoms with Crippen LogP contribution >= 0.6 is 0 Å². The maximum absolute atomic E-state index is 11.1. The Kier molecular flexibility index (Phi) is 6.00. The van der Waals surface area contributed by atoms with E-state index in [0.717, 1.165) is 5.56 Å². The summed E-state index contributed by atoms with van der Waals surface area (Å²) in [4.78, 5) is -0.339. The van der Waals surface area contributed by atoms with Crippen LogP contribution in [0.1, 0.15) is 18.4 Å². The van der Waals surface area contributed by atoms with Crippen molar-refractivity contribution < 1.29 is 47.6 Å². The molecule has 1 aliphatic heterocycles. The Morgan fingerprint density at radius 3 is 2.53 bits per heavy atom. The normalized spacial score (nSPS) is 24.7. The monoisotopic (exact) mass is 293 g/mol. The molecule has 0 aromatic heterocycles. The Hall–Kier alpha value is 0.0500. The standard InChI is InChI=1S/C12H17NO4S.Na/c14-12(18(15,16)17)7-4-8-13(10-12)9-11-5-2-1-3-6-11;/h1-3,5-6,14H,4,7-10H2,(H,15,16,17);/q;+1/p-1. The molecule has 1 aromatic rings. The molecule has 7 heteroatoms. The van der Waals surface area contributed by atoms with Crippen molar-refractivity contribution in [1.82, 2.24) is 4.90 Å². The van der Waals surface area contributed by atoms with Crippen molar-refractivity contribution in [2.75, 3.05) is 13.1 Å². The fraction of sp³-hybridized carbons (Fsp3) is 0.500. The SMILES string of the molecule is O=S(=O)([O-])C1(O)CCCN(Cc2ccccc2)C1.[Na+]. The van der Waals surface area contributed by atoms with Crippen LogP contribution in [0.15, 0.2) is 30.3 Å². The maximum Gasteiger partial charge on any atom is 1.00 e. The molecule has 19 heavy (non-hydrogen) atoms. The van der Waals surface area contributed by atoms with Gasteiger partial charge in [0.2, 0.25) is 0 Å². The predicted octanol–water partition coefficient (Wildman–Crippen LogP) is -2.48. The number of piperidine rings is 1. The number of aliphatic hydroxyl groups is 1. The molecule has 1 aliphatic rings. The fourth-order valence-corrected chi connectivity index (χ4v) is 3.00. The van der Waals surface area contributed by atoms with Crippen LogP contribution in [-0.2, 0) is 16.7 Å². The number of hydrogen-bond donors (Lipinski definition) is 1. The summed E-state index contributed by atoms with van der Waals surface area (Å²) < 4.78 is 33.2. The first-order valence-corrected chi connectivity index (χ1v) is 7.26. The first-order valence-electron chi connectivity index (χ1n) is 5.85. The summed E-state index contributed by atoms with van der Waals surface area (Å²) in [5.74, 6) is 0. The van der Waals surface area contributed by atoms with Gasteiger partial charge < -0.3 is 9.66 Å². The number of hydrogen-bond acceptors (Lipinski definition) is 5. The zero-order valence-electron chi connectivity index (χ0n) is 10.9. The van der Waals surface area contributed by atoms with E-state index in [0.29, 0.717) is 19.5 Å². The molecule has 1 atom stereocenters. The van der Waals surface area contributed by atoms with Gasteiger partial charge in [0, 0.05) is 13.1 Å². The molecular weight excluding hydrogens is 277 g/mol. The van der Waals surface area contributed by atoms with E-state index in [1.54, 1.807) is 4.90 Å². The van der Waals surface area contributed by atoms with Gasteiger partial charge in [-0.05, 0) is 24.9 Å². The first kappa shape index (κ1) is 17.1. The summed E-state index contributed by atoms with van der Waals surface area (Å²) in [6.07, 6.45) is 0.523. The predicted molar refractivity (Wildman–Crippen MR) is 65.6 cm³/mol. The van der Waals surface area contributed by atoms with Crippen molar-refractivity contribution in [1.29, 1.82) is 0 Å². The van der Waals surface area contributed by atoms with Crippen molar-refractivity contribution in [2.24, 2.45) is 0 Å². The van der Waals surface area contributed by atoms with E-state index in [1.807, 2.05) is 30.3 Å². The third-order valence-electron chi connectivity index (χ3n) is 3.23. The van der Waals surface area contributed by atoms with Gasteiger partial charge in [0.25, 0.3) is 0 Å². The minimum absolute atomic E-state index is 0. The van der Waals surface area contributed by atoms with Gasteiger partial charge in [0.15, 0.2) is 4.93 Å². The molecule has 0 amide bonds. The Morgan fingerprint density at radius 1 is 1.32 bits per heavy atom. The van der Waals surface area contributed by atoms with Crippen molar-refractivity contribution in [3.05, 3.63) is 35.9 Å². The van der Waals surface area contributed by atoms with Crippen molar-refractivity contribution in [3.8, 4) is 0 Å². The first-order chi connectivity index (χ1) is 8.41. The fourth-order valence-electron chi connectivity index (χ4n) is 2.27. The van der Waals surface area contributed by atoms with Crippen LogP contribution < -0.4 is 29.6 Å². The number of rotatable bonds is 3. The second-order valence-corrected chi connectivity index (χ2v) is 6.37. The van der Waals surface area contributed by atoms with Crippen molar-refractivity contribution in [2.45, 2.75) is 24.3 Å². The average Bonchev–Trinajstić information content (AvgIpc) is 2.29. The van der Waals surface area contributed by atoms with E-state index in [-0.39, 0.29) is 42.5 Å². The molecule has 100 valence electrons. The summed E-state index contributed by atoms with van der Waals surface area (Å²) in [6, 6.07) is 9.56. The van der Waals surface area contributed by atoms with Crippen LogP contribution in [-0.4, -0.2) is 41.0 Å². The molecule has 1 aromatic carbocycles. The van der Waals surface area contributed by atoms with Gasteiger partial charge in [-0.25, -0.2) is 8.42 Å². The number of β-amino-alcohol motifs (C(OH)–C–C–N with tert-alkyl or cyclic N) is 1. The molecule has 1 heterocycles. The average molecular weight is 293 g/mol. The zero-order valence-corrected chi connectivity index (χ0v) is 13.8. The Balaban J connectivity index is 0.00000180.